The van der Waals surface area contributed by atoms with Gasteiger partial charge >= 0.3 is 30.1 Å². The van der Waals surface area contributed by atoms with Crippen LogP contribution in [0.4, 0.5) is 39.5 Å². The van der Waals surface area contributed by atoms with Crippen LogP contribution in [0.25, 0.3) is 0 Å². The third kappa shape index (κ3) is 3.42. The van der Waals surface area contributed by atoms with Gasteiger partial charge < -0.3 is 9.84 Å². The van der Waals surface area contributed by atoms with E-state index in [-0.39, 0.29) is 0 Å². The van der Waals surface area contributed by atoms with Gasteiger partial charge in [0.25, 0.3) is 0 Å². The van der Waals surface area contributed by atoms with Gasteiger partial charge in [-0.15, -0.1) is 0 Å². The Morgan fingerprint density at radius 3 is 1.63 bits per heavy atom. The van der Waals surface area contributed by atoms with E-state index in [4.69, 9.17) is 5.11 Å². The second kappa shape index (κ2) is 5.06. The number of hydrogen-bond acceptors (Lipinski definition) is 2. The predicted molar refractivity (Wildman–Crippen MR) is 39.1 cm³/mol. The van der Waals surface area contributed by atoms with E-state index >= 15 is 0 Å². The molecule has 0 aromatic heterocycles. The minimum Gasteiger partial charge on any atom is -0.481 e. The van der Waals surface area contributed by atoms with Crippen LogP contribution >= 0.6 is 0 Å². The number of carboxylic acids is 1. The number of alkyl halides is 9. The Kier molecular flexibility index (Phi) is 4.74. The van der Waals surface area contributed by atoms with Crippen LogP contribution in [0.5, 0.6) is 0 Å². The molecule has 0 bridgehead atoms. The molecule has 0 radical (unpaired) electrons. The van der Waals surface area contributed by atoms with E-state index in [1.807, 2.05) is 0 Å². The smallest absolute Gasteiger partial charge is 0.460 e. The monoisotopic (exact) mass is 308 g/mol. The molecule has 0 amide bonds. The van der Waals surface area contributed by atoms with Crippen LogP contribution in [0.15, 0.2) is 0 Å². The summed E-state index contributed by atoms with van der Waals surface area (Å²) in [5.41, 5.74) is 0. The van der Waals surface area contributed by atoms with E-state index in [2.05, 4.69) is 4.74 Å². The minimum absolute atomic E-state index is 1.29. The molecule has 0 saturated carbocycles. The first-order valence-electron chi connectivity index (χ1n) is 4.22. The lowest BCUT2D eigenvalue weighted by molar-refractivity contribution is -0.443. The van der Waals surface area contributed by atoms with Gasteiger partial charge in [0.1, 0.15) is 0 Å². The fourth-order valence-corrected chi connectivity index (χ4v) is 0.718. The molecule has 0 heterocycles. The van der Waals surface area contributed by atoms with E-state index in [0.29, 0.717) is 0 Å². The number of rotatable bonds is 6. The maximum atomic E-state index is 12.5. The molecule has 0 aromatic carbocycles. The van der Waals surface area contributed by atoms with Gasteiger partial charge in [-0.25, -0.2) is 0 Å². The van der Waals surface area contributed by atoms with Crippen LogP contribution in [-0.4, -0.2) is 41.8 Å². The maximum absolute atomic E-state index is 12.5. The minimum atomic E-state index is -7.05. The van der Waals surface area contributed by atoms with Crippen molar-refractivity contribution < 1.29 is 54.2 Å². The standard InChI is InChI=1S/C7H5F9O3/c8-4(9,6(12,13)14)5(10,11)7(15,16)19-2-1-3(17)18/h1-2H2,(H,17,18). The van der Waals surface area contributed by atoms with Gasteiger partial charge in [0.05, 0.1) is 13.0 Å². The Bertz CT molecular complexity index is 335. The van der Waals surface area contributed by atoms with E-state index in [1.54, 1.807) is 0 Å². The zero-order valence-corrected chi connectivity index (χ0v) is 8.58. The van der Waals surface area contributed by atoms with Crippen molar-refractivity contribution in [3.05, 3.63) is 0 Å². The zero-order valence-electron chi connectivity index (χ0n) is 8.58. The SMILES string of the molecule is O=C(O)CCOC(F)(F)C(F)(F)C(F)(F)C(F)(F)F. The molecule has 3 nitrogen and oxygen atoms in total. The topological polar surface area (TPSA) is 46.5 Å². The summed E-state index contributed by atoms with van der Waals surface area (Å²) in [5.74, 6) is -15.7. The van der Waals surface area contributed by atoms with Crippen LogP contribution in [0, 0.1) is 0 Å². The molecule has 114 valence electrons. The number of halogens is 9. The van der Waals surface area contributed by atoms with Crippen LogP contribution in [0.1, 0.15) is 6.42 Å². The lowest BCUT2D eigenvalue weighted by Crippen LogP contribution is -2.61. The van der Waals surface area contributed by atoms with Crippen LogP contribution < -0.4 is 0 Å². The predicted octanol–water partition coefficient (Wildman–Crippen LogP) is 2.90. The highest BCUT2D eigenvalue weighted by Gasteiger charge is 2.82. The molecule has 0 aromatic rings. The van der Waals surface area contributed by atoms with E-state index in [9.17, 15) is 44.3 Å². The fraction of sp³-hybridized carbons (Fsp3) is 0.857. The Balaban J connectivity index is 5.11. The maximum Gasteiger partial charge on any atom is 0.460 e. The van der Waals surface area contributed by atoms with E-state index < -0.39 is 43.1 Å². The average Bonchev–Trinajstić information content (AvgIpc) is 2.14. The fourth-order valence-electron chi connectivity index (χ4n) is 0.718. The summed E-state index contributed by atoms with van der Waals surface area (Å²) < 4.78 is 112. The van der Waals surface area contributed by atoms with Crippen molar-refractivity contribution >= 4 is 5.97 Å². The van der Waals surface area contributed by atoms with Gasteiger partial charge in [-0.3, -0.25) is 4.79 Å². The number of carboxylic acid groups (broad SMARTS) is 1. The summed E-state index contributed by atoms with van der Waals surface area (Å²) in [6, 6.07) is 0. The first kappa shape index (κ1) is 17.8. The molecule has 0 rings (SSSR count). The second-order valence-electron chi connectivity index (χ2n) is 3.16. The molecule has 0 aliphatic rings. The van der Waals surface area contributed by atoms with Gasteiger partial charge in [0.15, 0.2) is 0 Å². The molecule has 0 saturated heterocycles. The van der Waals surface area contributed by atoms with Gasteiger partial charge in [-0.1, -0.05) is 0 Å². The van der Waals surface area contributed by atoms with Crippen LogP contribution in [0.2, 0.25) is 0 Å². The highest BCUT2D eigenvalue weighted by molar-refractivity contribution is 5.66. The summed E-state index contributed by atoms with van der Waals surface area (Å²) in [6.07, 6.45) is -14.4. The van der Waals surface area contributed by atoms with Gasteiger partial charge in [-0.05, 0) is 0 Å². The molecular formula is C7H5F9O3. The summed E-state index contributed by atoms with van der Waals surface area (Å²) in [7, 11) is 0. The van der Waals surface area contributed by atoms with E-state index in [0.717, 1.165) is 0 Å². The molecule has 0 aliphatic heterocycles. The van der Waals surface area contributed by atoms with Crippen molar-refractivity contribution in [2.75, 3.05) is 6.61 Å². The molecular weight excluding hydrogens is 303 g/mol. The van der Waals surface area contributed by atoms with Crippen molar-refractivity contribution in [1.82, 2.24) is 0 Å². The molecule has 0 atom stereocenters. The van der Waals surface area contributed by atoms with Crippen LogP contribution in [0.3, 0.4) is 0 Å². The molecule has 19 heavy (non-hydrogen) atoms. The first-order valence-corrected chi connectivity index (χ1v) is 4.22. The quantitative estimate of drug-likeness (QED) is 0.768. The molecule has 0 fully saturated rings. The number of ether oxygens (including phenoxy) is 1. The normalized spacial score (nSPS) is 14.6. The second-order valence-corrected chi connectivity index (χ2v) is 3.16. The van der Waals surface area contributed by atoms with E-state index in [1.165, 1.54) is 0 Å². The lowest BCUT2D eigenvalue weighted by Gasteiger charge is -2.32. The first-order chi connectivity index (χ1) is 8.17. The summed E-state index contributed by atoms with van der Waals surface area (Å²) in [6.45, 7) is -1.67. The largest absolute Gasteiger partial charge is 0.481 e. The zero-order chi connectivity index (χ0) is 15.7. The van der Waals surface area contributed by atoms with Crippen molar-refractivity contribution in [3.8, 4) is 0 Å². The third-order valence-electron chi connectivity index (χ3n) is 1.72. The lowest BCUT2D eigenvalue weighted by atomic mass is 10.1. The van der Waals surface area contributed by atoms with Crippen LogP contribution in [-0.2, 0) is 9.53 Å². The number of hydrogen-bond donors (Lipinski definition) is 1. The molecule has 0 spiro atoms. The van der Waals surface area contributed by atoms with Gasteiger partial charge in [-0.2, -0.15) is 39.5 Å². The number of carbonyl (C=O) groups is 1. The molecule has 0 aliphatic carbocycles. The molecule has 12 heteroatoms. The Hall–Kier alpha value is -1.20. The Labute approximate surface area is 98.5 Å². The Morgan fingerprint density at radius 1 is 0.895 bits per heavy atom. The highest BCUT2D eigenvalue weighted by atomic mass is 19.4. The molecule has 1 N–H and O–H groups in total. The third-order valence-corrected chi connectivity index (χ3v) is 1.72. The molecule has 0 unspecified atom stereocenters. The highest BCUT2D eigenvalue weighted by Crippen LogP contribution is 2.53. The van der Waals surface area contributed by atoms with Gasteiger partial charge in [0, 0.05) is 0 Å². The van der Waals surface area contributed by atoms with Crippen molar-refractivity contribution in [2.45, 2.75) is 30.6 Å². The summed E-state index contributed by atoms with van der Waals surface area (Å²) >= 11 is 0. The van der Waals surface area contributed by atoms with Crippen molar-refractivity contribution in [1.29, 1.82) is 0 Å². The van der Waals surface area contributed by atoms with Crippen molar-refractivity contribution in [2.24, 2.45) is 0 Å². The van der Waals surface area contributed by atoms with Crippen molar-refractivity contribution in [3.63, 3.8) is 0 Å². The van der Waals surface area contributed by atoms with Gasteiger partial charge in [0.2, 0.25) is 0 Å². The summed E-state index contributed by atoms with van der Waals surface area (Å²) in [5, 5.41) is 7.96. The Morgan fingerprint density at radius 2 is 1.32 bits per heavy atom. The summed E-state index contributed by atoms with van der Waals surface area (Å²) in [4.78, 5) is 9.85. The average molecular weight is 308 g/mol. The number of aliphatic carboxylic acids is 1.